The van der Waals surface area contributed by atoms with E-state index in [-0.39, 0.29) is 0 Å². The van der Waals surface area contributed by atoms with Gasteiger partial charge in [0.15, 0.2) is 0 Å². The normalized spacial score (nSPS) is 11.3. The van der Waals surface area contributed by atoms with Crippen molar-refractivity contribution in [2.45, 2.75) is 12.8 Å². The lowest BCUT2D eigenvalue weighted by Crippen LogP contribution is -2.46. The van der Waals surface area contributed by atoms with E-state index in [1.165, 1.54) is 31.9 Å². The minimum atomic E-state index is -1.36. The zero-order valence-corrected chi connectivity index (χ0v) is 16.4. The molecular weight excluding hydrogens is 344 g/mol. The van der Waals surface area contributed by atoms with Gasteiger partial charge in [-0.05, 0) is 44.8 Å². The van der Waals surface area contributed by atoms with Gasteiger partial charge in [0.1, 0.15) is 0 Å². The summed E-state index contributed by atoms with van der Waals surface area (Å²) in [7, 11) is -1.36. The van der Waals surface area contributed by atoms with Crippen LogP contribution in [0.5, 0.6) is 0 Å². The maximum absolute atomic E-state index is 6.59. The third-order valence-corrected chi connectivity index (χ3v) is 7.21. The van der Waals surface area contributed by atoms with E-state index in [0.29, 0.717) is 0 Å². The molecule has 0 bridgehead atoms. The Morgan fingerprint density at radius 2 is 1.22 bits per heavy atom. The Labute approximate surface area is 162 Å². The van der Waals surface area contributed by atoms with Crippen LogP contribution in [0.1, 0.15) is 12.8 Å². The van der Waals surface area contributed by atoms with Crippen molar-refractivity contribution in [2.75, 3.05) is 6.61 Å². The molecule has 1 radical (unpaired) electrons. The molecule has 1 nitrogen and oxygen atoms in total. The number of rotatable bonds is 7. The smallest absolute Gasteiger partial charge is 0.284 e. The van der Waals surface area contributed by atoms with E-state index in [4.69, 9.17) is 4.43 Å². The van der Waals surface area contributed by atoms with E-state index in [2.05, 4.69) is 91.5 Å². The van der Waals surface area contributed by atoms with Gasteiger partial charge < -0.3 is 4.43 Å². The first-order valence-corrected chi connectivity index (χ1v) is 10.9. The number of hydrogen-bond donors (Lipinski definition) is 0. The molecule has 0 saturated carbocycles. The third-order valence-electron chi connectivity index (χ3n) is 4.87. The van der Waals surface area contributed by atoms with Crippen molar-refractivity contribution in [1.29, 1.82) is 0 Å². The van der Waals surface area contributed by atoms with Gasteiger partial charge in [0.25, 0.3) is 9.04 Å². The van der Waals surface area contributed by atoms with Crippen LogP contribution in [0, 0.1) is 0 Å². The predicted molar refractivity (Wildman–Crippen MR) is 118 cm³/mol. The van der Waals surface area contributed by atoms with Crippen molar-refractivity contribution in [3.63, 3.8) is 0 Å². The Hall–Kier alpha value is -2.68. The minimum Gasteiger partial charge on any atom is -0.407 e. The molecule has 0 amide bonds. The number of unbranched alkanes of at least 4 members (excludes halogenated alkanes) is 1. The summed E-state index contributed by atoms with van der Waals surface area (Å²) in [5.41, 5.74) is 0. The fraction of sp³-hybridized carbons (Fsp3) is 0.120. The first kappa shape index (κ1) is 17.7. The fourth-order valence-electron chi connectivity index (χ4n) is 3.55. The molecule has 0 aromatic heterocycles. The average molecular weight is 368 g/mol. The molecule has 0 atom stereocenters. The topological polar surface area (TPSA) is 9.23 Å². The van der Waals surface area contributed by atoms with Crippen LogP contribution in [0.3, 0.4) is 0 Å². The van der Waals surface area contributed by atoms with Crippen LogP contribution in [0.25, 0.3) is 21.5 Å². The second-order valence-electron chi connectivity index (χ2n) is 6.66. The summed E-state index contributed by atoms with van der Waals surface area (Å²) in [5.74, 6) is 0. The van der Waals surface area contributed by atoms with Crippen LogP contribution < -0.4 is 10.4 Å². The summed E-state index contributed by atoms with van der Waals surface area (Å²) in [6, 6.07) is 30.4. The van der Waals surface area contributed by atoms with Crippen molar-refractivity contribution in [2.24, 2.45) is 0 Å². The summed E-state index contributed by atoms with van der Waals surface area (Å²) >= 11 is 0. The van der Waals surface area contributed by atoms with Gasteiger partial charge in [-0.3, -0.25) is 0 Å². The average Bonchev–Trinajstić information content (AvgIpc) is 2.73. The van der Waals surface area contributed by atoms with E-state index in [0.717, 1.165) is 19.4 Å². The standard InChI is InChI=1S/C25H23OSi/c1-2-3-8-19-26-27(24-17-9-13-20-11-4-6-15-22(20)24)25-18-10-14-21-12-5-7-16-23(21)25/h2,4-7,9-18H,1,3,8,19H2. The maximum Gasteiger partial charge on any atom is 0.284 e. The number of benzene rings is 4. The van der Waals surface area contributed by atoms with Crippen molar-refractivity contribution in [3.05, 3.63) is 97.6 Å². The Balaban J connectivity index is 1.84. The van der Waals surface area contributed by atoms with Crippen molar-refractivity contribution in [3.8, 4) is 0 Å². The Morgan fingerprint density at radius 3 is 1.78 bits per heavy atom. The third kappa shape index (κ3) is 3.73. The van der Waals surface area contributed by atoms with Gasteiger partial charge >= 0.3 is 0 Å². The highest BCUT2D eigenvalue weighted by atomic mass is 28.3. The van der Waals surface area contributed by atoms with Crippen molar-refractivity contribution >= 4 is 41.0 Å². The fourth-order valence-corrected chi connectivity index (χ4v) is 5.94. The Morgan fingerprint density at radius 1 is 0.704 bits per heavy atom. The van der Waals surface area contributed by atoms with Crippen molar-refractivity contribution < 1.29 is 4.43 Å². The molecule has 0 heterocycles. The van der Waals surface area contributed by atoms with E-state index < -0.39 is 9.04 Å². The molecule has 0 unspecified atom stereocenters. The summed E-state index contributed by atoms with van der Waals surface area (Å²) in [6.07, 6.45) is 3.96. The highest BCUT2D eigenvalue weighted by Gasteiger charge is 2.23. The summed E-state index contributed by atoms with van der Waals surface area (Å²) in [5, 5.41) is 7.79. The van der Waals surface area contributed by atoms with Gasteiger partial charge in [-0.25, -0.2) is 0 Å². The molecular formula is C25H23OSi. The second-order valence-corrected chi connectivity index (χ2v) is 8.69. The summed E-state index contributed by atoms with van der Waals surface area (Å²) in [6.45, 7) is 4.58. The van der Waals surface area contributed by atoms with E-state index in [9.17, 15) is 0 Å². The van der Waals surface area contributed by atoms with Gasteiger partial charge in [0.05, 0.1) is 0 Å². The molecule has 0 aliphatic heterocycles. The SMILES string of the molecule is C=CCCCO[Si](c1cccc2ccccc12)c1cccc2ccccc12. The van der Waals surface area contributed by atoms with Gasteiger partial charge in [0, 0.05) is 6.61 Å². The zero-order valence-electron chi connectivity index (χ0n) is 15.4. The largest absolute Gasteiger partial charge is 0.407 e. The highest BCUT2D eigenvalue weighted by molar-refractivity contribution is 6.83. The molecule has 4 aromatic rings. The van der Waals surface area contributed by atoms with Crippen LogP contribution in [0.15, 0.2) is 97.6 Å². The number of allylic oxidation sites excluding steroid dienone is 1. The Bertz CT molecular complexity index is 980. The zero-order chi connectivity index (χ0) is 18.5. The molecule has 4 aromatic carbocycles. The molecule has 2 heteroatoms. The molecule has 0 aliphatic rings. The summed E-state index contributed by atoms with van der Waals surface area (Å²) in [4.78, 5) is 0. The van der Waals surface area contributed by atoms with Crippen LogP contribution in [0.4, 0.5) is 0 Å². The minimum absolute atomic E-state index is 0.757. The highest BCUT2D eigenvalue weighted by Crippen LogP contribution is 2.16. The molecule has 133 valence electrons. The molecule has 27 heavy (non-hydrogen) atoms. The summed E-state index contributed by atoms with van der Waals surface area (Å²) < 4.78 is 6.59. The lowest BCUT2D eigenvalue weighted by atomic mass is 10.1. The molecule has 0 N–H and O–H groups in total. The molecule has 0 aliphatic carbocycles. The quantitative estimate of drug-likeness (QED) is 0.251. The predicted octanol–water partition coefficient (Wildman–Crippen LogP) is 5.08. The van der Waals surface area contributed by atoms with Gasteiger partial charge in [-0.15, -0.1) is 6.58 Å². The second kappa shape index (κ2) is 8.34. The van der Waals surface area contributed by atoms with Crippen molar-refractivity contribution in [1.82, 2.24) is 0 Å². The van der Waals surface area contributed by atoms with Gasteiger partial charge in [-0.2, -0.15) is 0 Å². The molecule has 4 rings (SSSR count). The first-order chi connectivity index (χ1) is 13.4. The lowest BCUT2D eigenvalue weighted by molar-refractivity contribution is 0.327. The number of hydrogen-bond acceptors (Lipinski definition) is 1. The first-order valence-electron chi connectivity index (χ1n) is 9.45. The van der Waals surface area contributed by atoms with Crippen LogP contribution in [-0.2, 0) is 4.43 Å². The van der Waals surface area contributed by atoms with E-state index in [1.807, 2.05) is 6.08 Å². The lowest BCUT2D eigenvalue weighted by Gasteiger charge is -2.20. The van der Waals surface area contributed by atoms with E-state index in [1.54, 1.807) is 0 Å². The van der Waals surface area contributed by atoms with E-state index >= 15 is 0 Å². The van der Waals surface area contributed by atoms with Gasteiger partial charge in [0.2, 0.25) is 0 Å². The van der Waals surface area contributed by atoms with Gasteiger partial charge in [-0.1, -0.05) is 91.0 Å². The van der Waals surface area contributed by atoms with Crippen LogP contribution in [0.2, 0.25) is 0 Å². The molecule has 0 spiro atoms. The maximum atomic E-state index is 6.59. The number of fused-ring (bicyclic) bond motifs is 2. The van der Waals surface area contributed by atoms with Crippen LogP contribution in [-0.4, -0.2) is 15.6 Å². The Kier molecular flexibility index (Phi) is 5.47. The van der Waals surface area contributed by atoms with Crippen LogP contribution >= 0.6 is 0 Å². The monoisotopic (exact) mass is 367 g/mol. The molecule has 0 fully saturated rings. The molecule has 0 saturated heterocycles.